The van der Waals surface area contributed by atoms with Crippen LogP contribution in [0.5, 0.6) is 5.75 Å². The molecular weight excluding hydrogens is 393 g/mol. The molecule has 0 saturated carbocycles. The highest BCUT2D eigenvalue weighted by molar-refractivity contribution is 7.80. The highest BCUT2D eigenvalue weighted by Crippen LogP contribution is 2.33. The van der Waals surface area contributed by atoms with Gasteiger partial charge in [0.1, 0.15) is 5.75 Å². The van der Waals surface area contributed by atoms with Crippen LogP contribution in [0.25, 0.3) is 0 Å². The lowest BCUT2D eigenvalue weighted by atomic mass is 10.1. The second-order valence-corrected chi connectivity index (χ2v) is 6.39. The number of halogens is 3. The molecule has 2 aromatic carbocycles. The molecule has 0 unspecified atom stereocenters. The zero-order valence-electron chi connectivity index (χ0n) is 14.8. The fourth-order valence-corrected chi connectivity index (χ4v) is 2.84. The lowest BCUT2D eigenvalue weighted by molar-refractivity contribution is -0.274. The van der Waals surface area contributed by atoms with Crippen molar-refractivity contribution in [1.82, 2.24) is 5.43 Å². The van der Waals surface area contributed by atoms with Gasteiger partial charge in [-0.2, -0.15) is 5.10 Å². The molecule has 6 nitrogen and oxygen atoms in total. The number of ether oxygens (including phenoxy) is 1. The van der Waals surface area contributed by atoms with E-state index in [0.717, 1.165) is 23.4 Å². The molecule has 0 aliphatic carbocycles. The minimum atomic E-state index is -4.84. The molecule has 2 aromatic rings. The predicted molar refractivity (Wildman–Crippen MR) is 104 cm³/mol. The van der Waals surface area contributed by atoms with Gasteiger partial charge in [0.15, 0.2) is 10.8 Å². The number of amides is 1. The van der Waals surface area contributed by atoms with Crippen LogP contribution in [-0.2, 0) is 4.79 Å². The zero-order valence-corrected chi connectivity index (χ0v) is 15.6. The molecule has 28 heavy (non-hydrogen) atoms. The van der Waals surface area contributed by atoms with Crippen LogP contribution in [0.2, 0.25) is 0 Å². The van der Waals surface area contributed by atoms with Gasteiger partial charge < -0.3 is 15.0 Å². The minimum absolute atomic E-state index is 0.0708. The SMILES string of the molecule is Cc1cccc(NC(=S)N/N=C2\C(=O)N(C)c3ccc(OC(F)(F)F)cc32)c1. The number of carbonyl (C=O) groups is 1. The molecule has 0 fully saturated rings. The summed E-state index contributed by atoms with van der Waals surface area (Å²) in [5.41, 5.74) is 4.86. The monoisotopic (exact) mass is 408 g/mol. The number of alkyl halides is 3. The van der Waals surface area contributed by atoms with Gasteiger partial charge in [-0.05, 0) is 55.0 Å². The molecule has 10 heteroatoms. The molecule has 0 aromatic heterocycles. The number of nitrogens with zero attached hydrogens (tertiary/aromatic N) is 2. The summed E-state index contributed by atoms with van der Waals surface area (Å²) in [4.78, 5) is 13.7. The third kappa shape index (κ3) is 4.39. The average molecular weight is 408 g/mol. The Hall–Kier alpha value is -3.14. The molecule has 146 valence electrons. The van der Waals surface area contributed by atoms with Gasteiger partial charge in [0.25, 0.3) is 5.91 Å². The van der Waals surface area contributed by atoms with E-state index >= 15 is 0 Å². The van der Waals surface area contributed by atoms with Gasteiger partial charge in [-0.15, -0.1) is 13.2 Å². The van der Waals surface area contributed by atoms with Gasteiger partial charge in [0.05, 0.1) is 5.69 Å². The van der Waals surface area contributed by atoms with Crippen molar-refractivity contribution in [2.24, 2.45) is 5.10 Å². The van der Waals surface area contributed by atoms with Crippen molar-refractivity contribution in [2.75, 3.05) is 17.3 Å². The summed E-state index contributed by atoms with van der Waals surface area (Å²) in [7, 11) is 1.50. The number of likely N-dealkylation sites (N-methyl/N-ethyl adjacent to an activating group) is 1. The molecule has 0 spiro atoms. The standard InChI is InChI=1S/C18H15F3N4O2S/c1-10-4-3-5-11(8-10)22-17(28)24-23-15-13-9-12(27-18(19,20)21)6-7-14(13)25(2)16(15)26/h3-9H,1-2H3,(H2,22,24,28)/b23-15-. The van der Waals surface area contributed by atoms with Crippen LogP contribution < -0.4 is 20.4 Å². The maximum absolute atomic E-state index is 12.5. The zero-order chi connectivity index (χ0) is 20.5. The first kappa shape index (κ1) is 19.6. The third-order valence-corrected chi connectivity index (χ3v) is 4.06. The maximum Gasteiger partial charge on any atom is 0.573 e. The molecule has 0 saturated heterocycles. The second-order valence-electron chi connectivity index (χ2n) is 5.99. The molecular formula is C18H15F3N4O2S. The molecule has 3 rings (SSSR count). The van der Waals surface area contributed by atoms with Gasteiger partial charge in [0.2, 0.25) is 0 Å². The number of rotatable bonds is 3. The Morgan fingerprint density at radius 3 is 2.64 bits per heavy atom. The fraction of sp³-hybridized carbons (Fsp3) is 0.167. The molecule has 1 aliphatic heterocycles. The van der Waals surface area contributed by atoms with Gasteiger partial charge in [-0.1, -0.05) is 12.1 Å². The lowest BCUT2D eigenvalue weighted by Crippen LogP contribution is -2.30. The molecule has 0 bridgehead atoms. The Morgan fingerprint density at radius 2 is 1.96 bits per heavy atom. The Kier molecular flexibility index (Phi) is 5.23. The normalized spacial score (nSPS) is 14.8. The quantitative estimate of drug-likeness (QED) is 0.601. The van der Waals surface area contributed by atoms with E-state index in [0.29, 0.717) is 5.69 Å². The number of hydrogen-bond donors (Lipinski definition) is 2. The van der Waals surface area contributed by atoms with Crippen LogP contribution >= 0.6 is 12.2 Å². The molecule has 1 heterocycles. The predicted octanol–water partition coefficient (Wildman–Crippen LogP) is 3.56. The van der Waals surface area contributed by atoms with E-state index in [-0.39, 0.29) is 16.4 Å². The Balaban J connectivity index is 1.81. The molecule has 0 atom stereocenters. The number of thiocarbonyl (C=S) groups is 1. The van der Waals surface area contributed by atoms with Crippen molar-refractivity contribution in [3.8, 4) is 5.75 Å². The van der Waals surface area contributed by atoms with Crippen molar-refractivity contribution < 1.29 is 22.7 Å². The first-order chi connectivity index (χ1) is 13.1. The van der Waals surface area contributed by atoms with Crippen molar-refractivity contribution in [3.05, 3.63) is 53.6 Å². The van der Waals surface area contributed by atoms with Crippen molar-refractivity contribution in [2.45, 2.75) is 13.3 Å². The van der Waals surface area contributed by atoms with Crippen LogP contribution in [0.4, 0.5) is 24.5 Å². The topological polar surface area (TPSA) is 66.0 Å². The van der Waals surface area contributed by atoms with E-state index in [1.165, 1.54) is 18.0 Å². The van der Waals surface area contributed by atoms with Gasteiger partial charge in [0, 0.05) is 18.3 Å². The minimum Gasteiger partial charge on any atom is -0.406 e. The second kappa shape index (κ2) is 7.47. The molecule has 0 radical (unpaired) electrons. The number of anilines is 2. The molecule has 2 N–H and O–H groups in total. The van der Waals surface area contributed by atoms with Crippen LogP contribution in [0, 0.1) is 6.92 Å². The summed E-state index contributed by atoms with van der Waals surface area (Å²) >= 11 is 5.15. The average Bonchev–Trinajstić information content (AvgIpc) is 2.82. The smallest absolute Gasteiger partial charge is 0.406 e. The van der Waals surface area contributed by atoms with Crippen molar-refractivity contribution in [3.63, 3.8) is 0 Å². The van der Waals surface area contributed by atoms with E-state index in [1.54, 1.807) is 6.07 Å². The number of fused-ring (bicyclic) bond motifs is 1. The van der Waals surface area contributed by atoms with Crippen LogP contribution in [0.3, 0.4) is 0 Å². The summed E-state index contributed by atoms with van der Waals surface area (Å²) < 4.78 is 41.3. The molecule has 1 aliphatic rings. The highest BCUT2D eigenvalue weighted by Gasteiger charge is 2.35. The maximum atomic E-state index is 12.5. The number of hydrazone groups is 1. The summed E-state index contributed by atoms with van der Waals surface area (Å²) in [6, 6.07) is 11.1. The third-order valence-electron chi connectivity index (χ3n) is 3.87. The van der Waals surface area contributed by atoms with E-state index < -0.39 is 18.0 Å². The summed E-state index contributed by atoms with van der Waals surface area (Å²) in [5, 5.41) is 7.03. The number of hydrogen-bond acceptors (Lipinski definition) is 4. The molecule has 1 amide bonds. The van der Waals surface area contributed by atoms with Gasteiger partial charge in [-0.3, -0.25) is 10.2 Å². The number of carbonyl (C=O) groups excluding carboxylic acids is 1. The Bertz CT molecular complexity index is 976. The Morgan fingerprint density at radius 1 is 1.21 bits per heavy atom. The first-order valence-corrected chi connectivity index (χ1v) is 8.44. The van der Waals surface area contributed by atoms with Crippen molar-refractivity contribution >= 4 is 40.3 Å². The summed E-state index contributed by atoms with van der Waals surface area (Å²) in [6.45, 7) is 1.92. The van der Waals surface area contributed by atoms with Gasteiger partial charge >= 0.3 is 6.36 Å². The summed E-state index contributed by atoms with van der Waals surface area (Å²) in [5.74, 6) is -0.924. The van der Waals surface area contributed by atoms with E-state index in [4.69, 9.17) is 12.2 Å². The van der Waals surface area contributed by atoms with Crippen LogP contribution in [0.15, 0.2) is 47.6 Å². The highest BCUT2D eigenvalue weighted by atomic mass is 32.1. The number of nitrogens with one attached hydrogen (secondary N) is 2. The fourth-order valence-electron chi connectivity index (χ4n) is 2.67. The largest absolute Gasteiger partial charge is 0.573 e. The van der Waals surface area contributed by atoms with E-state index in [9.17, 15) is 18.0 Å². The number of benzene rings is 2. The van der Waals surface area contributed by atoms with Crippen LogP contribution in [0.1, 0.15) is 11.1 Å². The lowest BCUT2D eigenvalue weighted by Gasteiger charge is -2.11. The van der Waals surface area contributed by atoms with Gasteiger partial charge in [-0.25, -0.2) is 0 Å². The Labute approximate surface area is 164 Å². The van der Waals surface area contributed by atoms with Crippen LogP contribution in [-0.4, -0.2) is 30.1 Å². The van der Waals surface area contributed by atoms with E-state index in [2.05, 4.69) is 20.6 Å². The summed E-state index contributed by atoms with van der Waals surface area (Å²) in [6.07, 6.45) is -4.84. The van der Waals surface area contributed by atoms with Crippen molar-refractivity contribution in [1.29, 1.82) is 0 Å². The number of aryl methyl sites for hydroxylation is 1. The first-order valence-electron chi connectivity index (χ1n) is 8.03. The van der Waals surface area contributed by atoms with E-state index in [1.807, 2.05) is 25.1 Å².